The molecule has 0 aliphatic carbocycles. The SMILES string of the molecule is CNS(=O)(=O)CC(C)c1cc(Br)ccc1F. The van der Waals surface area contributed by atoms with Crippen molar-refractivity contribution in [1.82, 2.24) is 4.72 Å². The Kier molecular flexibility index (Phi) is 4.46. The third-order valence-electron chi connectivity index (χ3n) is 2.27. The van der Waals surface area contributed by atoms with Crippen LogP contribution < -0.4 is 4.72 Å². The molecule has 1 aromatic carbocycles. The standard InChI is InChI=1S/C10H13BrFNO2S/c1-7(6-16(14,15)13-2)9-5-8(11)3-4-10(9)12/h3-5,7,13H,6H2,1-2H3. The van der Waals surface area contributed by atoms with E-state index in [2.05, 4.69) is 20.7 Å². The number of halogens is 2. The number of nitrogens with one attached hydrogen (secondary N) is 1. The zero-order chi connectivity index (χ0) is 12.3. The van der Waals surface area contributed by atoms with Gasteiger partial charge in [0.1, 0.15) is 5.82 Å². The molecule has 0 saturated carbocycles. The Hall–Kier alpha value is -0.460. The molecule has 16 heavy (non-hydrogen) atoms. The highest BCUT2D eigenvalue weighted by molar-refractivity contribution is 9.10. The first-order valence-corrected chi connectivity index (χ1v) is 7.16. The van der Waals surface area contributed by atoms with Crippen LogP contribution in [0.3, 0.4) is 0 Å². The van der Waals surface area contributed by atoms with E-state index in [0.29, 0.717) is 5.56 Å². The molecule has 0 spiro atoms. The highest BCUT2D eigenvalue weighted by Gasteiger charge is 2.18. The van der Waals surface area contributed by atoms with E-state index in [-0.39, 0.29) is 11.6 Å². The van der Waals surface area contributed by atoms with E-state index in [1.807, 2.05) is 0 Å². The zero-order valence-electron chi connectivity index (χ0n) is 9.00. The van der Waals surface area contributed by atoms with Crippen LogP contribution in [0.15, 0.2) is 22.7 Å². The van der Waals surface area contributed by atoms with Gasteiger partial charge in [0.25, 0.3) is 0 Å². The summed E-state index contributed by atoms with van der Waals surface area (Å²) in [4.78, 5) is 0. The van der Waals surface area contributed by atoms with Gasteiger partial charge in [0.2, 0.25) is 10.0 Å². The normalized spacial score (nSPS) is 13.8. The van der Waals surface area contributed by atoms with Gasteiger partial charge >= 0.3 is 0 Å². The van der Waals surface area contributed by atoms with Crippen molar-refractivity contribution >= 4 is 26.0 Å². The van der Waals surface area contributed by atoms with E-state index in [9.17, 15) is 12.8 Å². The Balaban J connectivity index is 2.97. The summed E-state index contributed by atoms with van der Waals surface area (Å²) in [5.74, 6) is -0.909. The molecule has 1 unspecified atom stereocenters. The van der Waals surface area contributed by atoms with Crippen molar-refractivity contribution in [2.75, 3.05) is 12.8 Å². The van der Waals surface area contributed by atoms with Gasteiger partial charge in [-0.2, -0.15) is 0 Å². The fourth-order valence-electron chi connectivity index (χ4n) is 1.39. The molecular weight excluding hydrogens is 297 g/mol. The van der Waals surface area contributed by atoms with Crippen molar-refractivity contribution in [1.29, 1.82) is 0 Å². The molecule has 6 heteroatoms. The van der Waals surface area contributed by atoms with E-state index >= 15 is 0 Å². The molecule has 0 heterocycles. The summed E-state index contributed by atoms with van der Waals surface area (Å²) in [6.45, 7) is 1.68. The monoisotopic (exact) mass is 309 g/mol. The zero-order valence-corrected chi connectivity index (χ0v) is 11.4. The Morgan fingerprint density at radius 2 is 2.12 bits per heavy atom. The molecule has 0 amide bonds. The second kappa shape index (κ2) is 5.25. The molecule has 0 saturated heterocycles. The first kappa shape index (κ1) is 13.6. The summed E-state index contributed by atoms with van der Waals surface area (Å²) < 4.78 is 39.1. The lowest BCUT2D eigenvalue weighted by molar-refractivity contribution is 0.573. The summed E-state index contributed by atoms with van der Waals surface area (Å²) in [5.41, 5.74) is 0.396. The molecule has 0 bridgehead atoms. The van der Waals surface area contributed by atoms with Crippen molar-refractivity contribution in [2.24, 2.45) is 0 Å². The van der Waals surface area contributed by atoms with Crippen LogP contribution in [-0.2, 0) is 10.0 Å². The second-order valence-corrected chi connectivity index (χ2v) is 6.44. The van der Waals surface area contributed by atoms with Crippen molar-refractivity contribution in [3.8, 4) is 0 Å². The maximum absolute atomic E-state index is 13.5. The first-order valence-electron chi connectivity index (χ1n) is 4.72. The third-order valence-corrected chi connectivity index (χ3v) is 4.32. The minimum Gasteiger partial charge on any atom is -0.218 e. The van der Waals surface area contributed by atoms with Gasteiger partial charge in [-0.1, -0.05) is 22.9 Å². The van der Waals surface area contributed by atoms with Gasteiger partial charge in [0, 0.05) is 4.47 Å². The van der Waals surface area contributed by atoms with Crippen LogP contribution in [-0.4, -0.2) is 21.2 Å². The lowest BCUT2D eigenvalue weighted by Crippen LogP contribution is -2.25. The average Bonchev–Trinajstić information content (AvgIpc) is 2.21. The average molecular weight is 310 g/mol. The van der Waals surface area contributed by atoms with Gasteiger partial charge in [-0.05, 0) is 36.7 Å². The molecule has 1 atom stereocenters. The largest absolute Gasteiger partial charge is 0.218 e. The smallest absolute Gasteiger partial charge is 0.211 e. The number of sulfonamides is 1. The third kappa shape index (κ3) is 3.54. The topological polar surface area (TPSA) is 46.2 Å². The van der Waals surface area contributed by atoms with Gasteiger partial charge < -0.3 is 0 Å². The van der Waals surface area contributed by atoms with Crippen molar-refractivity contribution in [3.05, 3.63) is 34.1 Å². The van der Waals surface area contributed by atoms with Crippen LogP contribution in [0, 0.1) is 5.82 Å². The number of benzene rings is 1. The van der Waals surface area contributed by atoms with Crippen molar-refractivity contribution in [3.63, 3.8) is 0 Å². The molecule has 1 rings (SSSR count). The Morgan fingerprint density at radius 3 is 2.69 bits per heavy atom. The van der Waals surface area contributed by atoms with Crippen LogP contribution in [0.2, 0.25) is 0 Å². The van der Waals surface area contributed by atoms with Gasteiger partial charge in [-0.15, -0.1) is 0 Å². The van der Waals surface area contributed by atoms with E-state index in [1.165, 1.54) is 13.1 Å². The highest BCUT2D eigenvalue weighted by Crippen LogP contribution is 2.24. The summed E-state index contributed by atoms with van der Waals surface area (Å²) in [5, 5.41) is 0. The minimum atomic E-state index is -3.33. The lowest BCUT2D eigenvalue weighted by Gasteiger charge is -2.13. The van der Waals surface area contributed by atoms with Gasteiger partial charge in [0.15, 0.2) is 0 Å². The highest BCUT2D eigenvalue weighted by atomic mass is 79.9. The summed E-state index contributed by atoms with van der Waals surface area (Å²) in [6.07, 6.45) is 0. The minimum absolute atomic E-state index is 0.128. The van der Waals surface area contributed by atoms with E-state index in [4.69, 9.17) is 0 Å². The molecule has 0 aromatic heterocycles. The quantitative estimate of drug-likeness (QED) is 0.927. The molecule has 90 valence electrons. The van der Waals surface area contributed by atoms with Crippen LogP contribution in [0.1, 0.15) is 18.4 Å². The van der Waals surface area contributed by atoms with Crippen LogP contribution >= 0.6 is 15.9 Å². The molecule has 0 aliphatic heterocycles. The molecular formula is C10H13BrFNO2S. The summed E-state index contributed by atoms with van der Waals surface area (Å²) in [6, 6.07) is 4.51. The maximum atomic E-state index is 13.5. The fraction of sp³-hybridized carbons (Fsp3) is 0.400. The molecule has 0 fully saturated rings. The van der Waals surface area contributed by atoms with E-state index in [0.717, 1.165) is 4.47 Å². The van der Waals surface area contributed by atoms with Crippen molar-refractivity contribution < 1.29 is 12.8 Å². The fourth-order valence-corrected chi connectivity index (χ4v) is 2.78. The van der Waals surface area contributed by atoms with E-state index < -0.39 is 15.9 Å². The van der Waals surface area contributed by atoms with Crippen molar-refractivity contribution in [2.45, 2.75) is 12.8 Å². The maximum Gasteiger partial charge on any atom is 0.211 e. The van der Waals surface area contributed by atoms with Gasteiger partial charge in [0.05, 0.1) is 5.75 Å². The Bertz CT molecular complexity index is 476. The Labute approximate surface area is 103 Å². The molecule has 0 radical (unpaired) electrons. The molecule has 1 N–H and O–H groups in total. The first-order chi connectivity index (χ1) is 7.35. The van der Waals surface area contributed by atoms with Crippen LogP contribution in [0.25, 0.3) is 0 Å². The number of hydrogen-bond donors (Lipinski definition) is 1. The molecule has 1 aromatic rings. The van der Waals surface area contributed by atoms with Crippen LogP contribution in [0.5, 0.6) is 0 Å². The predicted octanol–water partition coefficient (Wildman–Crippen LogP) is 2.24. The van der Waals surface area contributed by atoms with Gasteiger partial charge in [-0.25, -0.2) is 17.5 Å². The number of hydrogen-bond acceptors (Lipinski definition) is 2. The van der Waals surface area contributed by atoms with E-state index in [1.54, 1.807) is 19.1 Å². The summed E-state index contributed by atoms with van der Waals surface area (Å²) >= 11 is 3.23. The van der Waals surface area contributed by atoms with Gasteiger partial charge in [-0.3, -0.25) is 0 Å². The Morgan fingerprint density at radius 1 is 1.50 bits per heavy atom. The molecule has 0 aliphatic rings. The second-order valence-electron chi connectivity index (χ2n) is 3.55. The number of rotatable bonds is 4. The van der Waals surface area contributed by atoms with Crippen LogP contribution in [0.4, 0.5) is 4.39 Å². The lowest BCUT2D eigenvalue weighted by atomic mass is 10.0. The molecule has 3 nitrogen and oxygen atoms in total. The summed E-state index contributed by atoms with van der Waals surface area (Å²) in [7, 11) is -1.98. The predicted molar refractivity (Wildman–Crippen MR) is 65.4 cm³/mol.